The largest absolute Gasteiger partial charge is 0.352 e. The van der Waals surface area contributed by atoms with Gasteiger partial charge in [0, 0.05) is 4.88 Å². The van der Waals surface area contributed by atoms with Crippen LogP contribution in [0.25, 0.3) is 0 Å². The van der Waals surface area contributed by atoms with Crippen LogP contribution < -0.4 is 16.4 Å². The minimum atomic E-state index is -0.678. The number of nitrogens with one attached hydrogen (secondary N) is 2. The number of rotatable bonds is 6. The van der Waals surface area contributed by atoms with Crippen molar-refractivity contribution in [3.63, 3.8) is 0 Å². The fourth-order valence-corrected chi connectivity index (χ4v) is 2.98. The van der Waals surface area contributed by atoms with Crippen LogP contribution >= 0.6 is 11.3 Å². The van der Waals surface area contributed by atoms with Gasteiger partial charge in [-0.25, -0.2) is 9.18 Å². The number of amides is 3. The highest BCUT2D eigenvalue weighted by molar-refractivity contribution is 7.10. The third-order valence-electron chi connectivity index (χ3n) is 3.34. The lowest BCUT2D eigenvalue weighted by atomic mass is 10.1. The number of halogens is 1. The molecule has 0 saturated heterocycles. The standard InChI is InChI=1S/C16H18FN3O2S/c1-10(11-4-6-12(17)7-5-11)19-15(21)9-13(20-16(18)22)14-3-2-8-23-14/h2-8,10,13H,9H2,1H3,(H,19,21)(H3,18,20,22)/t10-,13-/m0/s1. The number of hydrogen-bond acceptors (Lipinski definition) is 3. The van der Waals surface area contributed by atoms with E-state index in [0.29, 0.717) is 0 Å². The zero-order valence-corrected chi connectivity index (χ0v) is 13.4. The molecule has 1 heterocycles. The molecule has 0 aliphatic heterocycles. The van der Waals surface area contributed by atoms with Gasteiger partial charge in [0.05, 0.1) is 18.5 Å². The molecule has 122 valence electrons. The quantitative estimate of drug-likeness (QED) is 0.758. The Hall–Kier alpha value is -2.41. The summed E-state index contributed by atoms with van der Waals surface area (Å²) in [7, 11) is 0. The van der Waals surface area contributed by atoms with E-state index in [0.717, 1.165) is 10.4 Å². The molecule has 0 radical (unpaired) electrons. The van der Waals surface area contributed by atoms with Crippen LogP contribution in [-0.2, 0) is 4.79 Å². The summed E-state index contributed by atoms with van der Waals surface area (Å²) in [6.07, 6.45) is 0.0784. The summed E-state index contributed by atoms with van der Waals surface area (Å²) in [5, 5.41) is 7.27. The summed E-state index contributed by atoms with van der Waals surface area (Å²) in [5.41, 5.74) is 5.97. The molecule has 7 heteroatoms. The molecule has 1 aromatic heterocycles. The normalized spacial score (nSPS) is 13.1. The highest BCUT2D eigenvalue weighted by Crippen LogP contribution is 2.22. The molecular weight excluding hydrogens is 317 g/mol. The highest BCUT2D eigenvalue weighted by Gasteiger charge is 2.19. The molecule has 2 aromatic rings. The fourth-order valence-electron chi connectivity index (χ4n) is 2.20. The first-order chi connectivity index (χ1) is 11.0. The average Bonchev–Trinajstić information content (AvgIpc) is 3.00. The Bertz CT molecular complexity index is 658. The smallest absolute Gasteiger partial charge is 0.312 e. The molecule has 0 saturated carbocycles. The summed E-state index contributed by atoms with van der Waals surface area (Å²) in [6.45, 7) is 1.81. The van der Waals surface area contributed by atoms with Gasteiger partial charge in [0.1, 0.15) is 5.82 Å². The number of thiophene rings is 1. The minimum Gasteiger partial charge on any atom is -0.352 e. The van der Waals surface area contributed by atoms with Crippen molar-refractivity contribution in [3.05, 3.63) is 58.0 Å². The Morgan fingerprint density at radius 1 is 1.22 bits per heavy atom. The number of benzene rings is 1. The predicted octanol–water partition coefficient (Wildman–Crippen LogP) is 2.86. The maximum atomic E-state index is 12.9. The lowest BCUT2D eigenvalue weighted by molar-refractivity contribution is -0.122. The van der Waals surface area contributed by atoms with Crippen LogP contribution in [0.3, 0.4) is 0 Å². The molecule has 3 amide bonds. The summed E-state index contributed by atoms with van der Waals surface area (Å²) in [4.78, 5) is 24.2. The average molecular weight is 335 g/mol. The molecule has 0 aliphatic rings. The first kappa shape index (κ1) is 17.0. The van der Waals surface area contributed by atoms with E-state index in [1.807, 2.05) is 24.4 Å². The van der Waals surface area contributed by atoms with Gasteiger partial charge in [0.25, 0.3) is 0 Å². The predicted molar refractivity (Wildman–Crippen MR) is 87.4 cm³/mol. The molecule has 0 unspecified atom stereocenters. The number of carbonyl (C=O) groups excluding carboxylic acids is 2. The number of carbonyl (C=O) groups is 2. The van der Waals surface area contributed by atoms with Crippen LogP contribution in [0, 0.1) is 5.82 Å². The maximum absolute atomic E-state index is 12.9. The van der Waals surface area contributed by atoms with E-state index in [-0.39, 0.29) is 24.2 Å². The van der Waals surface area contributed by atoms with Crippen LogP contribution in [-0.4, -0.2) is 11.9 Å². The van der Waals surface area contributed by atoms with Gasteiger partial charge in [-0.1, -0.05) is 18.2 Å². The lowest BCUT2D eigenvalue weighted by Crippen LogP contribution is -2.36. The molecular formula is C16H18FN3O2S. The number of hydrogen-bond donors (Lipinski definition) is 3. The second-order valence-corrected chi connectivity index (χ2v) is 6.10. The Labute approximate surface area is 137 Å². The summed E-state index contributed by atoms with van der Waals surface area (Å²) in [6, 6.07) is 8.22. The van der Waals surface area contributed by atoms with E-state index in [9.17, 15) is 14.0 Å². The fraction of sp³-hybridized carbons (Fsp3) is 0.250. The van der Waals surface area contributed by atoms with E-state index in [1.165, 1.54) is 23.5 Å². The Balaban J connectivity index is 1.98. The molecule has 4 N–H and O–H groups in total. The third-order valence-corrected chi connectivity index (χ3v) is 4.33. The number of urea groups is 1. The summed E-state index contributed by atoms with van der Waals surface area (Å²) in [5.74, 6) is -0.551. The van der Waals surface area contributed by atoms with Gasteiger partial charge in [-0.2, -0.15) is 0 Å². The Morgan fingerprint density at radius 2 is 1.91 bits per heavy atom. The van der Waals surface area contributed by atoms with Crippen molar-refractivity contribution in [2.45, 2.75) is 25.4 Å². The zero-order chi connectivity index (χ0) is 16.8. The molecule has 23 heavy (non-hydrogen) atoms. The van der Waals surface area contributed by atoms with Crippen molar-refractivity contribution < 1.29 is 14.0 Å². The molecule has 1 aromatic carbocycles. The van der Waals surface area contributed by atoms with Gasteiger partial charge in [-0.05, 0) is 36.1 Å². The lowest BCUT2D eigenvalue weighted by Gasteiger charge is -2.19. The van der Waals surface area contributed by atoms with Gasteiger partial charge < -0.3 is 16.4 Å². The Morgan fingerprint density at radius 3 is 2.48 bits per heavy atom. The van der Waals surface area contributed by atoms with Crippen LogP contribution in [0.5, 0.6) is 0 Å². The first-order valence-electron chi connectivity index (χ1n) is 7.10. The topological polar surface area (TPSA) is 84.2 Å². The van der Waals surface area contributed by atoms with Crippen LogP contribution in [0.2, 0.25) is 0 Å². The van der Waals surface area contributed by atoms with Crippen molar-refractivity contribution in [2.24, 2.45) is 5.73 Å². The second-order valence-electron chi connectivity index (χ2n) is 5.12. The van der Waals surface area contributed by atoms with Gasteiger partial charge >= 0.3 is 6.03 Å². The SMILES string of the molecule is C[C@H](NC(=O)C[C@H](NC(N)=O)c1cccs1)c1ccc(F)cc1. The van der Waals surface area contributed by atoms with E-state index in [2.05, 4.69) is 10.6 Å². The van der Waals surface area contributed by atoms with E-state index in [4.69, 9.17) is 5.73 Å². The third kappa shape index (κ3) is 5.07. The summed E-state index contributed by atoms with van der Waals surface area (Å²) < 4.78 is 12.9. The van der Waals surface area contributed by atoms with Crippen molar-refractivity contribution in [3.8, 4) is 0 Å². The van der Waals surface area contributed by atoms with Crippen molar-refractivity contribution >= 4 is 23.3 Å². The van der Waals surface area contributed by atoms with Crippen molar-refractivity contribution in [2.75, 3.05) is 0 Å². The summed E-state index contributed by atoms with van der Waals surface area (Å²) >= 11 is 1.44. The Kier molecular flexibility index (Phi) is 5.70. The van der Waals surface area contributed by atoms with E-state index in [1.54, 1.807) is 12.1 Å². The first-order valence-corrected chi connectivity index (χ1v) is 7.98. The van der Waals surface area contributed by atoms with E-state index >= 15 is 0 Å². The monoisotopic (exact) mass is 335 g/mol. The molecule has 5 nitrogen and oxygen atoms in total. The van der Waals surface area contributed by atoms with Crippen LogP contribution in [0.15, 0.2) is 41.8 Å². The molecule has 0 bridgehead atoms. The minimum absolute atomic E-state index is 0.0784. The molecule has 2 rings (SSSR count). The highest BCUT2D eigenvalue weighted by atomic mass is 32.1. The van der Waals surface area contributed by atoms with Gasteiger partial charge in [0.2, 0.25) is 5.91 Å². The molecule has 0 fully saturated rings. The van der Waals surface area contributed by atoms with E-state index < -0.39 is 12.1 Å². The number of primary amides is 1. The van der Waals surface area contributed by atoms with Gasteiger partial charge in [-0.15, -0.1) is 11.3 Å². The van der Waals surface area contributed by atoms with Gasteiger partial charge in [0.15, 0.2) is 0 Å². The zero-order valence-electron chi connectivity index (χ0n) is 12.6. The maximum Gasteiger partial charge on any atom is 0.312 e. The van der Waals surface area contributed by atoms with Crippen molar-refractivity contribution in [1.82, 2.24) is 10.6 Å². The van der Waals surface area contributed by atoms with Crippen LogP contribution in [0.1, 0.15) is 35.9 Å². The van der Waals surface area contributed by atoms with Gasteiger partial charge in [-0.3, -0.25) is 4.79 Å². The molecule has 0 spiro atoms. The van der Waals surface area contributed by atoms with Crippen molar-refractivity contribution in [1.29, 1.82) is 0 Å². The second kappa shape index (κ2) is 7.73. The molecule has 0 aliphatic carbocycles. The number of nitrogens with two attached hydrogens (primary N) is 1. The molecule has 2 atom stereocenters. The van der Waals surface area contributed by atoms with Crippen LogP contribution in [0.4, 0.5) is 9.18 Å².